The standard InChI is InChI=1S/C11H13NO2S2/c13-15-7-16(14)11-6-9-8(5-10(11)15)3-1-2-4-12-9/h5-6,12H,1-4,7H2. The largest absolute Gasteiger partial charge is 0.385 e. The Bertz CT molecular complexity index is 456. The van der Waals surface area contributed by atoms with Crippen LogP contribution in [0.2, 0.25) is 0 Å². The molecule has 0 aliphatic carbocycles. The first-order valence-corrected chi connectivity index (χ1v) is 8.07. The molecule has 0 radical (unpaired) electrons. The fourth-order valence-corrected chi connectivity index (χ4v) is 5.66. The minimum absolute atomic E-state index is 0.276. The Morgan fingerprint density at radius 3 is 2.62 bits per heavy atom. The van der Waals surface area contributed by atoms with Crippen LogP contribution in [-0.2, 0) is 28.0 Å². The molecule has 2 aliphatic rings. The summed E-state index contributed by atoms with van der Waals surface area (Å²) in [6, 6.07) is 3.93. The number of hydrogen-bond acceptors (Lipinski definition) is 3. The van der Waals surface area contributed by atoms with E-state index >= 15 is 0 Å². The van der Waals surface area contributed by atoms with E-state index in [9.17, 15) is 8.42 Å². The van der Waals surface area contributed by atoms with Gasteiger partial charge in [-0.25, -0.2) is 0 Å². The summed E-state index contributed by atoms with van der Waals surface area (Å²) in [4.78, 5) is 1.56. The summed E-state index contributed by atoms with van der Waals surface area (Å²) in [7, 11) is -2.13. The first-order chi connectivity index (χ1) is 7.75. The van der Waals surface area contributed by atoms with E-state index in [-0.39, 0.29) is 5.08 Å². The number of fused-ring (bicyclic) bond motifs is 2. The normalized spacial score (nSPS) is 27.8. The number of aryl methyl sites for hydroxylation is 1. The molecule has 1 aromatic rings. The molecule has 2 heterocycles. The molecule has 0 saturated carbocycles. The van der Waals surface area contributed by atoms with E-state index in [1.54, 1.807) is 0 Å². The van der Waals surface area contributed by atoms with Crippen LogP contribution in [0.15, 0.2) is 21.9 Å². The van der Waals surface area contributed by atoms with Gasteiger partial charge in [0.25, 0.3) is 0 Å². The third-order valence-electron chi connectivity index (χ3n) is 3.06. The zero-order chi connectivity index (χ0) is 11.1. The summed E-state index contributed by atoms with van der Waals surface area (Å²) < 4.78 is 23.5. The highest BCUT2D eigenvalue weighted by molar-refractivity contribution is 8.04. The third-order valence-corrected chi connectivity index (χ3v) is 6.56. The lowest BCUT2D eigenvalue weighted by Crippen LogP contribution is -2.00. The molecule has 5 heteroatoms. The summed E-state index contributed by atoms with van der Waals surface area (Å²) in [6.45, 7) is 0.974. The van der Waals surface area contributed by atoms with Gasteiger partial charge in [-0.2, -0.15) is 0 Å². The average Bonchev–Trinajstić information content (AvgIpc) is 2.47. The summed E-state index contributed by atoms with van der Waals surface area (Å²) in [5, 5.41) is 3.63. The van der Waals surface area contributed by atoms with Gasteiger partial charge in [0, 0.05) is 12.2 Å². The molecule has 3 nitrogen and oxygen atoms in total. The number of nitrogens with one attached hydrogen (secondary N) is 1. The van der Waals surface area contributed by atoms with Gasteiger partial charge in [0.2, 0.25) is 0 Å². The smallest absolute Gasteiger partial charge is 0.109 e. The lowest BCUT2D eigenvalue weighted by atomic mass is 10.1. The highest BCUT2D eigenvalue weighted by Gasteiger charge is 2.27. The predicted octanol–water partition coefficient (Wildman–Crippen LogP) is 1.62. The zero-order valence-electron chi connectivity index (χ0n) is 8.82. The number of benzene rings is 1. The van der Waals surface area contributed by atoms with E-state index in [1.807, 2.05) is 12.1 Å². The van der Waals surface area contributed by atoms with E-state index in [4.69, 9.17) is 0 Å². The molecule has 0 bridgehead atoms. The topological polar surface area (TPSA) is 46.2 Å². The lowest BCUT2D eigenvalue weighted by Gasteiger charge is -2.09. The van der Waals surface area contributed by atoms with Crippen molar-refractivity contribution in [2.45, 2.75) is 29.1 Å². The van der Waals surface area contributed by atoms with Crippen LogP contribution in [0.3, 0.4) is 0 Å². The van der Waals surface area contributed by atoms with Crippen molar-refractivity contribution in [3.05, 3.63) is 17.7 Å². The maximum absolute atomic E-state index is 11.7. The van der Waals surface area contributed by atoms with Crippen molar-refractivity contribution in [3.63, 3.8) is 0 Å². The molecule has 3 rings (SSSR count). The molecule has 2 unspecified atom stereocenters. The van der Waals surface area contributed by atoms with Gasteiger partial charge >= 0.3 is 0 Å². The van der Waals surface area contributed by atoms with E-state index in [0.29, 0.717) is 0 Å². The van der Waals surface area contributed by atoms with Crippen LogP contribution in [0.5, 0.6) is 0 Å². The van der Waals surface area contributed by atoms with Crippen molar-refractivity contribution < 1.29 is 8.42 Å². The summed E-state index contributed by atoms with van der Waals surface area (Å²) in [6.07, 6.45) is 3.35. The number of anilines is 1. The molecular weight excluding hydrogens is 242 g/mol. The van der Waals surface area contributed by atoms with Crippen LogP contribution >= 0.6 is 0 Å². The highest BCUT2D eigenvalue weighted by atomic mass is 32.2. The SMILES string of the molecule is O=S1CS(=O)c2cc3c(cc21)CCCCN3. The van der Waals surface area contributed by atoms with Crippen molar-refractivity contribution in [1.29, 1.82) is 0 Å². The molecule has 2 aliphatic heterocycles. The van der Waals surface area contributed by atoms with Crippen molar-refractivity contribution in [2.24, 2.45) is 0 Å². The second kappa shape index (κ2) is 3.96. The van der Waals surface area contributed by atoms with Crippen LogP contribution in [0, 0.1) is 0 Å². The number of rotatable bonds is 0. The van der Waals surface area contributed by atoms with Gasteiger partial charge in [-0.1, -0.05) is 0 Å². The number of hydrogen-bond donors (Lipinski definition) is 1. The fourth-order valence-electron chi connectivity index (χ4n) is 2.22. The predicted molar refractivity (Wildman–Crippen MR) is 65.6 cm³/mol. The Morgan fingerprint density at radius 1 is 1.06 bits per heavy atom. The second-order valence-corrected chi connectivity index (χ2v) is 7.35. The summed E-state index contributed by atoms with van der Waals surface area (Å²) in [5.41, 5.74) is 2.31. The fraction of sp³-hybridized carbons (Fsp3) is 0.455. The maximum atomic E-state index is 11.7. The zero-order valence-corrected chi connectivity index (χ0v) is 10.5. The molecule has 0 aromatic heterocycles. The molecule has 0 spiro atoms. The minimum Gasteiger partial charge on any atom is -0.385 e. The van der Waals surface area contributed by atoms with Gasteiger partial charge in [0.1, 0.15) is 5.08 Å². The van der Waals surface area contributed by atoms with Crippen LogP contribution in [0.1, 0.15) is 18.4 Å². The van der Waals surface area contributed by atoms with Crippen molar-refractivity contribution in [1.82, 2.24) is 0 Å². The Morgan fingerprint density at radius 2 is 1.81 bits per heavy atom. The third kappa shape index (κ3) is 1.62. The van der Waals surface area contributed by atoms with Crippen LogP contribution in [0.25, 0.3) is 0 Å². The minimum atomic E-state index is -1.07. The molecule has 0 saturated heterocycles. The lowest BCUT2D eigenvalue weighted by molar-refractivity contribution is 0.685. The maximum Gasteiger partial charge on any atom is 0.109 e. The van der Waals surface area contributed by atoms with E-state index in [1.165, 1.54) is 5.56 Å². The molecular formula is C11H13NO2S2. The Kier molecular flexibility index (Phi) is 2.59. The molecule has 1 N–H and O–H groups in total. The molecule has 0 amide bonds. The van der Waals surface area contributed by atoms with Gasteiger partial charge in [-0.15, -0.1) is 0 Å². The Labute approximate surface area is 99.5 Å². The van der Waals surface area contributed by atoms with Gasteiger partial charge in [-0.05, 0) is 37.0 Å². The van der Waals surface area contributed by atoms with Crippen LogP contribution in [-0.4, -0.2) is 20.0 Å². The first-order valence-electron chi connectivity index (χ1n) is 5.43. The van der Waals surface area contributed by atoms with Gasteiger partial charge < -0.3 is 5.32 Å². The Balaban J connectivity index is 2.15. The molecule has 1 aromatic carbocycles. The molecule has 16 heavy (non-hydrogen) atoms. The molecule has 86 valence electrons. The van der Waals surface area contributed by atoms with E-state index < -0.39 is 21.6 Å². The molecule has 0 fully saturated rings. The van der Waals surface area contributed by atoms with Gasteiger partial charge in [0.05, 0.1) is 31.4 Å². The monoisotopic (exact) mass is 255 g/mol. The van der Waals surface area contributed by atoms with Crippen molar-refractivity contribution >= 4 is 27.3 Å². The Hall–Kier alpha value is -0.680. The molecule has 2 atom stereocenters. The summed E-state index contributed by atoms with van der Waals surface area (Å²) in [5.74, 6) is 0. The first kappa shape index (κ1) is 10.5. The second-order valence-electron chi connectivity index (χ2n) is 4.15. The van der Waals surface area contributed by atoms with E-state index in [0.717, 1.165) is 41.3 Å². The average molecular weight is 255 g/mol. The quantitative estimate of drug-likeness (QED) is 0.766. The van der Waals surface area contributed by atoms with E-state index in [2.05, 4.69) is 5.32 Å². The van der Waals surface area contributed by atoms with Crippen molar-refractivity contribution in [2.75, 3.05) is 16.9 Å². The van der Waals surface area contributed by atoms with Crippen LogP contribution < -0.4 is 5.32 Å². The van der Waals surface area contributed by atoms with Crippen molar-refractivity contribution in [3.8, 4) is 0 Å². The highest BCUT2D eigenvalue weighted by Crippen LogP contribution is 2.33. The van der Waals surface area contributed by atoms with Gasteiger partial charge in [0.15, 0.2) is 0 Å². The van der Waals surface area contributed by atoms with Gasteiger partial charge in [-0.3, -0.25) is 8.42 Å². The summed E-state index contributed by atoms with van der Waals surface area (Å²) >= 11 is 0. The van der Waals surface area contributed by atoms with Crippen LogP contribution in [0.4, 0.5) is 5.69 Å².